The number of nitrogens with zero attached hydrogens (tertiary/aromatic N) is 3. The maximum absolute atomic E-state index is 12.8. The van der Waals surface area contributed by atoms with Crippen LogP contribution >= 0.6 is 0 Å². The van der Waals surface area contributed by atoms with Crippen molar-refractivity contribution in [1.82, 2.24) is 20.1 Å². The Morgan fingerprint density at radius 2 is 1.63 bits per heavy atom. The molecule has 1 aromatic heterocycles. The quantitative estimate of drug-likeness (QED) is 0.373. The minimum absolute atomic E-state index is 0.190. The third-order valence-corrected chi connectivity index (χ3v) is 6.41. The van der Waals surface area contributed by atoms with Gasteiger partial charge in [-0.3, -0.25) is 19.6 Å². The van der Waals surface area contributed by atoms with Crippen molar-refractivity contribution < 1.29 is 9.53 Å². The van der Waals surface area contributed by atoms with Crippen molar-refractivity contribution in [3.8, 4) is 0 Å². The highest BCUT2D eigenvalue weighted by molar-refractivity contribution is 5.92. The van der Waals surface area contributed by atoms with E-state index in [0.717, 1.165) is 31.7 Å². The predicted octanol–water partition coefficient (Wildman–Crippen LogP) is 4.33. The van der Waals surface area contributed by atoms with Gasteiger partial charge in [0.1, 0.15) is 0 Å². The molecule has 182 valence electrons. The van der Waals surface area contributed by atoms with Gasteiger partial charge in [0, 0.05) is 51.3 Å². The number of pyridine rings is 1. The van der Waals surface area contributed by atoms with Gasteiger partial charge in [0.05, 0.1) is 6.04 Å². The van der Waals surface area contributed by atoms with Crippen LogP contribution in [0.4, 0.5) is 0 Å². The molecule has 2 heterocycles. The Kier molecular flexibility index (Phi) is 8.42. The molecular formula is C29H34N4O2. The van der Waals surface area contributed by atoms with Crippen LogP contribution in [0.1, 0.15) is 36.6 Å². The van der Waals surface area contributed by atoms with Gasteiger partial charge in [0.15, 0.2) is 5.85 Å². The fraction of sp³-hybridized carbons (Fsp3) is 0.310. The summed E-state index contributed by atoms with van der Waals surface area (Å²) in [6.45, 7) is 7.66. The summed E-state index contributed by atoms with van der Waals surface area (Å²) in [6.07, 6.45) is 6.73. The molecule has 4 rings (SSSR count). The second kappa shape index (κ2) is 11.9. The molecule has 1 unspecified atom stereocenters. The molecule has 0 saturated carbocycles. The van der Waals surface area contributed by atoms with Crippen molar-refractivity contribution in [1.29, 1.82) is 0 Å². The van der Waals surface area contributed by atoms with Gasteiger partial charge < -0.3 is 10.1 Å². The molecule has 0 spiro atoms. The van der Waals surface area contributed by atoms with Crippen molar-refractivity contribution >= 4 is 12.0 Å². The summed E-state index contributed by atoms with van der Waals surface area (Å²) >= 11 is 0. The van der Waals surface area contributed by atoms with E-state index in [1.165, 1.54) is 17.2 Å². The number of nitrogens with one attached hydrogen (secondary N) is 1. The molecule has 6 nitrogen and oxygen atoms in total. The zero-order valence-electron chi connectivity index (χ0n) is 20.5. The number of hydrogen-bond donors (Lipinski definition) is 1. The SMILES string of the molecule is CCOC(C)(NC(=O)C=Cc1cccnc1)N1CCN(C(c2ccccc2)c2ccccc2)CC1. The van der Waals surface area contributed by atoms with Crippen LogP contribution in [0, 0.1) is 0 Å². The van der Waals surface area contributed by atoms with E-state index >= 15 is 0 Å². The highest BCUT2D eigenvalue weighted by Gasteiger charge is 2.37. The minimum Gasteiger partial charge on any atom is -0.343 e. The monoisotopic (exact) mass is 470 g/mol. The van der Waals surface area contributed by atoms with Crippen LogP contribution in [-0.4, -0.2) is 59.3 Å². The minimum atomic E-state index is -0.883. The molecule has 1 N–H and O–H groups in total. The molecule has 0 radical (unpaired) electrons. The summed E-state index contributed by atoms with van der Waals surface area (Å²) in [6, 6.07) is 25.3. The molecule has 2 aromatic carbocycles. The Morgan fingerprint density at radius 3 is 2.17 bits per heavy atom. The second-order valence-electron chi connectivity index (χ2n) is 8.77. The summed E-state index contributed by atoms with van der Waals surface area (Å²) in [4.78, 5) is 21.6. The Morgan fingerprint density at radius 1 is 1.00 bits per heavy atom. The van der Waals surface area contributed by atoms with Crippen LogP contribution in [0.5, 0.6) is 0 Å². The molecule has 0 bridgehead atoms. The average Bonchev–Trinajstić information content (AvgIpc) is 2.90. The van der Waals surface area contributed by atoms with Crippen LogP contribution in [0.3, 0.4) is 0 Å². The molecule has 1 aliphatic rings. The maximum Gasteiger partial charge on any atom is 0.247 e. The van der Waals surface area contributed by atoms with Crippen molar-refractivity contribution in [2.24, 2.45) is 0 Å². The first-order valence-corrected chi connectivity index (χ1v) is 12.2. The molecule has 1 fully saturated rings. The highest BCUT2D eigenvalue weighted by Crippen LogP contribution is 2.30. The first-order chi connectivity index (χ1) is 17.1. The first kappa shape index (κ1) is 24.8. The Bertz CT molecular complexity index is 1040. The number of carbonyl (C=O) groups excluding carboxylic acids is 1. The van der Waals surface area contributed by atoms with Gasteiger partial charge in [-0.05, 0) is 42.7 Å². The van der Waals surface area contributed by atoms with Crippen LogP contribution in [0.25, 0.3) is 6.08 Å². The maximum atomic E-state index is 12.8. The van der Waals surface area contributed by atoms with E-state index in [-0.39, 0.29) is 11.9 Å². The van der Waals surface area contributed by atoms with Gasteiger partial charge >= 0.3 is 0 Å². The smallest absolute Gasteiger partial charge is 0.247 e. The lowest BCUT2D eigenvalue weighted by atomic mass is 9.96. The molecule has 35 heavy (non-hydrogen) atoms. The normalized spacial score (nSPS) is 16.9. The van der Waals surface area contributed by atoms with Gasteiger partial charge in [0.25, 0.3) is 0 Å². The third kappa shape index (κ3) is 6.42. The number of carbonyl (C=O) groups is 1. The largest absolute Gasteiger partial charge is 0.343 e. The van der Waals surface area contributed by atoms with Crippen LogP contribution in [-0.2, 0) is 9.53 Å². The van der Waals surface area contributed by atoms with Gasteiger partial charge in [-0.25, -0.2) is 0 Å². The molecule has 1 aliphatic heterocycles. The van der Waals surface area contributed by atoms with Crippen molar-refractivity contribution in [2.45, 2.75) is 25.7 Å². The van der Waals surface area contributed by atoms with Crippen LogP contribution < -0.4 is 5.32 Å². The number of rotatable bonds is 9. The van der Waals surface area contributed by atoms with Crippen LogP contribution in [0.2, 0.25) is 0 Å². The summed E-state index contributed by atoms with van der Waals surface area (Å²) in [5.74, 6) is -1.08. The summed E-state index contributed by atoms with van der Waals surface area (Å²) in [5.41, 5.74) is 3.45. The molecule has 3 aromatic rings. The Hall–Kier alpha value is -3.32. The molecule has 6 heteroatoms. The molecule has 1 amide bonds. The number of benzene rings is 2. The molecule has 1 saturated heterocycles. The lowest BCUT2D eigenvalue weighted by Gasteiger charge is -2.47. The van der Waals surface area contributed by atoms with E-state index in [2.05, 4.69) is 80.8 Å². The standard InChI is InChI=1S/C29H34N4O2/c1-3-35-29(2,31-27(34)17-16-24-11-10-18-30-23-24)33-21-19-32(20-22-33)28(25-12-6-4-7-13-25)26-14-8-5-9-15-26/h4-18,23,28H,3,19-22H2,1-2H3,(H,31,34). The number of piperazine rings is 1. The second-order valence-corrected chi connectivity index (χ2v) is 8.77. The fourth-order valence-electron chi connectivity index (χ4n) is 4.70. The van der Waals surface area contributed by atoms with E-state index in [4.69, 9.17) is 4.74 Å². The average molecular weight is 471 g/mol. The van der Waals surface area contributed by atoms with E-state index in [0.29, 0.717) is 6.61 Å². The van der Waals surface area contributed by atoms with E-state index in [1.807, 2.05) is 26.0 Å². The lowest BCUT2D eigenvalue weighted by molar-refractivity contribution is -0.178. The molecule has 1 atom stereocenters. The van der Waals surface area contributed by atoms with Gasteiger partial charge in [-0.2, -0.15) is 0 Å². The predicted molar refractivity (Wildman–Crippen MR) is 139 cm³/mol. The van der Waals surface area contributed by atoms with E-state index < -0.39 is 5.85 Å². The third-order valence-electron chi connectivity index (χ3n) is 6.41. The van der Waals surface area contributed by atoms with Gasteiger partial charge in [0.2, 0.25) is 5.91 Å². The number of hydrogen-bond acceptors (Lipinski definition) is 5. The van der Waals surface area contributed by atoms with E-state index in [9.17, 15) is 4.79 Å². The van der Waals surface area contributed by atoms with Crippen LogP contribution in [0.15, 0.2) is 91.3 Å². The van der Waals surface area contributed by atoms with Gasteiger partial charge in [-0.15, -0.1) is 0 Å². The van der Waals surface area contributed by atoms with E-state index in [1.54, 1.807) is 18.5 Å². The van der Waals surface area contributed by atoms with Crippen molar-refractivity contribution in [3.63, 3.8) is 0 Å². The fourth-order valence-corrected chi connectivity index (χ4v) is 4.70. The number of aromatic nitrogens is 1. The Balaban J connectivity index is 1.45. The van der Waals surface area contributed by atoms with Gasteiger partial charge in [-0.1, -0.05) is 66.7 Å². The zero-order valence-corrected chi connectivity index (χ0v) is 20.5. The molecule has 0 aliphatic carbocycles. The zero-order chi connectivity index (χ0) is 24.5. The lowest BCUT2D eigenvalue weighted by Crippen LogP contribution is -2.64. The highest BCUT2D eigenvalue weighted by atomic mass is 16.5. The number of ether oxygens (including phenoxy) is 1. The molecular weight excluding hydrogens is 436 g/mol. The summed E-state index contributed by atoms with van der Waals surface area (Å²) < 4.78 is 6.09. The van der Waals surface area contributed by atoms with Crippen molar-refractivity contribution in [3.05, 3.63) is 108 Å². The summed E-state index contributed by atoms with van der Waals surface area (Å²) in [7, 11) is 0. The number of amides is 1. The summed E-state index contributed by atoms with van der Waals surface area (Å²) in [5, 5.41) is 3.08. The topological polar surface area (TPSA) is 57.7 Å². The first-order valence-electron chi connectivity index (χ1n) is 12.2. The van der Waals surface area contributed by atoms with Crippen molar-refractivity contribution in [2.75, 3.05) is 32.8 Å². The Labute approximate surface area is 208 Å².